The molecule has 0 bridgehead atoms. The molecule has 6 nitrogen and oxygen atoms in total. The Morgan fingerprint density at radius 1 is 1.07 bits per heavy atom. The molecule has 9 heteroatoms. The number of anilines is 3. The molecule has 0 aliphatic rings. The highest BCUT2D eigenvalue weighted by Crippen LogP contribution is 2.32. The zero-order chi connectivity index (χ0) is 19.4. The van der Waals surface area contributed by atoms with Crippen molar-refractivity contribution in [2.24, 2.45) is 0 Å². The first-order chi connectivity index (χ1) is 13.0. The van der Waals surface area contributed by atoms with Crippen molar-refractivity contribution in [1.29, 1.82) is 0 Å². The summed E-state index contributed by atoms with van der Waals surface area (Å²) in [4.78, 5) is 16.7. The molecule has 1 amide bonds. The first kappa shape index (κ1) is 19.3. The predicted octanol–water partition coefficient (Wildman–Crippen LogP) is 5.46. The second-order valence-corrected chi connectivity index (χ2v) is 7.07. The third-order valence-electron chi connectivity index (χ3n) is 3.51. The number of nitrogens with zero attached hydrogens (tertiary/aromatic N) is 1. The van der Waals surface area contributed by atoms with Crippen LogP contribution in [0.3, 0.4) is 0 Å². The van der Waals surface area contributed by atoms with E-state index >= 15 is 0 Å². The average molecular weight is 424 g/mol. The van der Waals surface area contributed by atoms with Crippen LogP contribution in [-0.2, 0) is 0 Å². The van der Waals surface area contributed by atoms with Crippen LogP contribution in [0.15, 0.2) is 41.8 Å². The molecule has 1 aromatic heterocycles. The van der Waals surface area contributed by atoms with Crippen LogP contribution in [-0.4, -0.2) is 25.1 Å². The van der Waals surface area contributed by atoms with Crippen molar-refractivity contribution in [3.05, 3.63) is 57.5 Å². The number of aromatic nitrogens is 1. The van der Waals surface area contributed by atoms with Gasteiger partial charge in [0.1, 0.15) is 17.2 Å². The second-order valence-electron chi connectivity index (χ2n) is 5.34. The summed E-state index contributed by atoms with van der Waals surface area (Å²) in [6.45, 7) is 0. The van der Waals surface area contributed by atoms with Crippen LogP contribution in [0.4, 0.5) is 16.5 Å². The number of methoxy groups -OCH3 is 2. The van der Waals surface area contributed by atoms with Crippen LogP contribution in [0.5, 0.6) is 11.5 Å². The van der Waals surface area contributed by atoms with E-state index in [0.29, 0.717) is 38.1 Å². The standard InChI is InChI=1S/C18H15Cl2N3O3S/c1-25-13-3-4-14(16(8-13)26-2)22-18-23-15(9-27-18)17(24)21-12-6-10(19)5-11(20)7-12/h3-9H,1-2H3,(H,21,24)(H,22,23). The predicted molar refractivity (Wildman–Crippen MR) is 109 cm³/mol. The lowest BCUT2D eigenvalue weighted by atomic mass is 10.3. The topological polar surface area (TPSA) is 72.5 Å². The summed E-state index contributed by atoms with van der Waals surface area (Å²) in [5.74, 6) is 0.917. The number of benzene rings is 2. The zero-order valence-electron chi connectivity index (χ0n) is 14.4. The highest BCUT2D eigenvalue weighted by molar-refractivity contribution is 7.14. The largest absolute Gasteiger partial charge is 0.497 e. The number of hydrogen-bond acceptors (Lipinski definition) is 6. The van der Waals surface area contributed by atoms with Gasteiger partial charge in [-0.1, -0.05) is 23.2 Å². The maximum absolute atomic E-state index is 12.4. The van der Waals surface area contributed by atoms with Gasteiger partial charge in [-0.2, -0.15) is 0 Å². The monoisotopic (exact) mass is 423 g/mol. The highest BCUT2D eigenvalue weighted by atomic mass is 35.5. The van der Waals surface area contributed by atoms with Gasteiger partial charge in [0.25, 0.3) is 5.91 Å². The van der Waals surface area contributed by atoms with E-state index in [0.717, 1.165) is 0 Å². The number of ether oxygens (including phenoxy) is 2. The number of halogens is 2. The molecule has 0 aliphatic heterocycles. The van der Waals surface area contributed by atoms with Crippen LogP contribution in [0, 0.1) is 0 Å². The van der Waals surface area contributed by atoms with Crippen LogP contribution in [0.25, 0.3) is 0 Å². The van der Waals surface area contributed by atoms with Crippen LogP contribution in [0.2, 0.25) is 10.0 Å². The third kappa shape index (κ3) is 4.82. The molecule has 3 rings (SSSR count). The number of hydrogen-bond donors (Lipinski definition) is 2. The Hall–Kier alpha value is -2.48. The Kier molecular flexibility index (Phi) is 6.05. The van der Waals surface area contributed by atoms with Gasteiger partial charge < -0.3 is 20.1 Å². The van der Waals surface area contributed by atoms with Crippen molar-refractivity contribution in [3.63, 3.8) is 0 Å². The minimum absolute atomic E-state index is 0.270. The van der Waals surface area contributed by atoms with E-state index in [9.17, 15) is 4.79 Å². The summed E-state index contributed by atoms with van der Waals surface area (Å²) in [6, 6.07) is 10.2. The fourth-order valence-corrected chi connectivity index (χ4v) is 3.50. The van der Waals surface area contributed by atoms with Crippen molar-refractivity contribution in [3.8, 4) is 11.5 Å². The van der Waals surface area contributed by atoms with Gasteiger partial charge in [-0.25, -0.2) is 4.98 Å². The second kappa shape index (κ2) is 8.47. The van der Waals surface area contributed by atoms with Gasteiger partial charge in [0, 0.05) is 27.2 Å². The lowest BCUT2D eigenvalue weighted by Gasteiger charge is -2.10. The maximum Gasteiger partial charge on any atom is 0.275 e. The van der Waals surface area contributed by atoms with Gasteiger partial charge in [-0.15, -0.1) is 11.3 Å². The Morgan fingerprint density at radius 2 is 1.81 bits per heavy atom. The van der Waals surface area contributed by atoms with Gasteiger partial charge in [-0.05, 0) is 30.3 Å². The molecule has 0 saturated carbocycles. The number of carbonyl (C=O) groups is 1. The van der Waals surface area contributed by atoms with Crippen LogP contribution < -0.4 is 20.1 Å². The number of rotatable bonds is 6. The Bertz CT molecular complexity index is 958. The molecule has 0 radical (unpaired) electrons. The zero-order valence-corrected chi connectivity index (χ0v) is 16.7. The highest BCUT2D eigenvalue weighted by Gasteiger charge is 2.13. The summed E-state index contributed by atoms with van der Waals surface area (Å²) in [5.41, 5.74) is 1.48. The molecule has 27 heavy (non-hydrogen) atoms. The van der Waals surface area contributed by atoms with E-state index in [1.165, 1.54) is 11.3 Å². The molecule has 0 aliphatic carbocycles. The number of thiazole rings is 1. The van der Waals surface area contributed by atoms with E-state index in [-0.39, 0.29) is 11.6 Å². The van der Waals surface area contributed by atoms with Crippen molar-refractivity contribution in [1.82, 2.24) is 4.98 Å². The van der Waals surface area contributed by atoms with Gasteiger partial charge in [-0.3, -0.25) is 4.79 Å². The van der Waals surface area contributed by atoms with E-state index in [4.69, 9.17) is 32.7 Å². The van der Waals surface area contributed by atoms with Gasteiger partial charge in [0.15, 0.2) is 5.13 Å². The summed E-state index contributed by atoms with van der Waals surface area (Å²) >= 11 is 13.2. The molecule has 0 fully saturated rings. The first-order valence-corrected chi connectivity index (χ1v) is 9.34. The minimum atomic E-state index is -0.362. The Balaban J connectivity index is 1.73. The molecule has 2 aromatic carbocycles. The lowest BCUT2D eigenvalue weighted by molar-refractivity contribution is 0.102. The van der Waals surface area contributed by atoms with Crippen molar-refractivity contribution < 1.29 is 14.3 Å². The molecule has 3 aromatic rings. The smallest absolute Gasteiger partial charge is 0.275 e. The molecular formula is C18H15Cl2N3O3S. The van der Waals surface area contributed by atoms with Crippen LogP contribution >= 0.6 is 34.5 Å². The first-order valence-electron chi connectivity index (χ1n) is 7.70. The average Bonchev–Trinajstić information content (AvgIpc) is 3.10. The number of carbonyl (C=O) groups excluding carboxylic acids is 1. The summed E-state index contributed by atoms with van der Waals surface area (Å²) in [5, 5.41) is 8.93. The number of amides is 1. The molecule has 140 valence electrons. The van der Waals surface area contributed by atoms with Gasteiger partial charge in [0.05, 0.1) is 19.9 Å². The van der Waals surface area contributed by atoms with Gasteiger partial charge in [0.2, 0.25) is 0 Å². The molecule has 1 heterocycles. The van der Waals surface area contributed by atoms with Gasteiger partial charge >= 0.3 is 0 Å². The normalized spacial score (nSPS) is 10.4. The van der Waals surface area contributed by atoms with Crippen molar-refractivity contribution in [2.75, 3.05) is 24.9 Å². The molecule has 0 saturated heterocycles. The van der Waals surface area contributed by atoms with Crippen molar-refractivity contribution >= 4 is 57.0 Å². The molecular weight excluding hydrogens is 409 g/mol. The van der Waals surface area contributed by atoms with E-state index in [1.807, 2.05) is 6.07 Å². The molecule has 0 unspecified atom stereocenters. The maximum atomic E-state index is 12.4. The quantitative estimate of drug-likeness (QED) is 0.550. The Morgan fingerprint density at radius 3 is 2.48 bits per heavy atom. The SMILES string of the molecule is COc1ccc(Nc2nc(C(=O)Nc3cc(Cl)cc(Cl)c3)cs2)c(OC)c1. The molecule has 2 N–H and O–H groups in total. The summed E-state index contributed by atoms with van der Waals surface area (Å²) < 4.78 is 10.5. The van der Waals surface area contributed by atoms with E-state index < -0.39 is 0 Å². The van der Waals surface area contributed by atoms with Crippen molar-refractivity contribution in [2.45, 2.75) is 0 Å². The minimum Gasteiger partial charge on any atom is -0.497 e. The van der Waals surface area contributed by atoms with E-state index in [1.54, 1.807) is 49.9 Å². The number of nitrogens with one attached hydrogen (secondary N) is 2. The van der Waals surface area contributed by atoms with E-state index in [2.05, 4.69) is 15.6 Å². The third-order valence-corrected chi connectivity index (χ3v) is 4.70. The van der Waals surface area contributed by atoms with Crippen LogP contribution in [0.1, 0.15) is 10.5 Å². The Labute approximate surface area is 170 Å². The fraction of sp³-hybridized carbons (Fsp3) is 0.111. The molecule has 0 spiro atoms. The molecule has 0 atom stereocenters. The summed E-state index contributed by atoms with van der Waals surface area (Å²) in [6.07, 6.45) is 0. The lowest BCUT2D eigenvalue weighted by Crippen LogP contribution is -2.12. The summed E-state index contributed by atoms with van der Waals surface area (Å²) in [7, 11) is 3.15. The fourth-order valence-electron chi connectivity index (χ4n) is 2.27.